The molecule has 146 valence electrons. The van der Waals surface area contributed by atoms with Crippen molar-refractivity contribution in [1.82, 2.24) is 9.62 Å². The Morgan fingerprint density at radius 1 is 1.04 bits per heavy atom. The summed E-state index contributed by atoms with van der Waals surface area (Å²) in [6, 6.07) is 13.1. The van der Waals surface area contributed by atoms with E-state index in [0.29, 0.717) is 18.8 Å². The maximum absolute atomic E-state index is 13.0. The van der Waals surface area contributed by atoms with Crippen LogP contribution in [-0.2, 0) is 10.0 Å². The Morgan fingerprint density at radius 3 is 2.37 bits per heavy atom. The Bertz CT molecular complexity index is 851. The third kappa shape index (κ3) is 4.97. The number of hydrogen-bond acceptors (Lipinski definition) is 5. The number of halogens is 1. The van der Waals surface area contributed by atoms with Crippen LogP contribution in [0.2, 0.25) is 0 Å². The molecule has 1 aliphatic rings. The van der Waals surface area contributed by atoms with Crippen LogP contribution in [0, 0.1) is 5.82 Å². The van der Waals surface area contributed by atoms with Crippen molar-refractivity contribution in [3.8, 4) is 5.75 Å². The van der Waals surface area contributed by atoms with Crippen LogP contribution in [0.4, 0.5) is 10.1 Å². The number of nitrogens with one attached hydrogen (secondary N) is 1. The Labute approximate surface area is 159 Å². The molecular weight excluding hydrogens is 369 g/mol. The molecule has 2 aromatic carbocycles. The molecule has 6 nitrogen and oxygen atoms in total. The van der Waals surface area contributed by atoms with Crippen LogP contribution < -0.4 is 14.4 Å². The summed E-state index contributed by atoms with van der Waals surface area (Å²) < 4.78 is 45.7. The predicted molar refractivity (Wildman–Crippen MR) is 103 cm³/mol. The zero-order chi connectivity index (χ0) is 19.3. The highest BCUT2D eigenvalue weighted by Gasteiger charge is 2.20. The highest BCUT2D eigenvalue weighted by Crippen LogP contribution is 2.22. The fraction of sp³-hybridized carbons (Fsp3) is 0.368. The fourth-order valence-electron chi connectivity index (χ4n) is 3.14. The second-order valence-electron chi connectivity index (χ2n) is 6.35. The molecule has 0 saturated carbocycles. The zero-order valence-electron chi connectivity index (χ0n) is 15.3. The Balaban J connectivity index is 1.48. The zero-order valence-corrected chi connectivity index (χ0v) is 16.1. The molecule has 0 aromatic heterocycles. The van der Waals surface area contributed by atoms with Crippen molar-refractivity contribution in [2.24, 2.45) is 0 Å². The fourth-order valence-corrected chi connectivity index (χ4v) is 4.33. The molecule has 0 atom stereocenters. The van der Waals surface area contributed by atoms with Gasteiger partial charge in [-0.2, -0.15) is 0 Å². The minimum Gasteiger partial charge on any atom is -0.495 e. The summed E-state index contributed by atoms with van der Waals surface area (Å²) in [5, 5.41) is 0. The van der Waals surface area contributed by atoms with Gasteiger partial charge in [-0.25, -0.2) is 17.5 Å². The smallest absolute Gasteiger partial charge is 0.244 e. The van der Waals surface area contributed by atoms with E-state index < -0.39 is 10.0 Å². The van der Waals surface area contributed by atoms with Gasteiger partial charge in [0.05, 0.1) is 7.11 Å². The van der Waals surface area contributed by atoms with Gasteiger partial charge in [0.25, 0.3) is 0 Å². The molecule has 27 heavy (non-hydrogen) atoms. The Kier molecular flexibility index (Phi) is 6.30. The van der Waals surface area contributed by atoms with Crippen LogP contribution in [0.3, 0.4) is 0 Å². The lowest BCUT2D eigenvalue weighted by Crippen LogP contribution is -2.48. The molecule has 0 bridgehead atoms. The van der Waals surface area contributed by atoms with E-state index in [0.717, 1.165) is 31.9 Å². The summed E-state index contributed by atoms with van der Waals surface area (Å²) in [6.07, 6.45) is 0. The first-order chi connectivity index (χ1) is 13.0. The number of anilines is 1. The second kappa shape index (κ2) is 8.69. The van der Waals surface area contributed by atoms with Crippen molar-refractivity contribution < 1.29 is 17.5 Å². The minimum atomic E-state index is -3.61. The molecule has 3 rings (SSSR count). The molecule has 0 aliphatic carbocycles. The van der Waals surface area contributed by atoms with Gasteiger partial charge in [0.2, 0.25) is 10.0 Å². The number of piperazine rings is 1. The molecule has 1 aliphatic heterocycles. The van der Waals surface area contributed by atoms with Crippen LogP contribution in [-0.4, -0.2) is 59.7 Å². The Hall–Kier alpha value is -2.16. The number of para-hydroxylation sites is 1. The average Bonchev–Trinajstić information content (AvgIpc) is 2.69. The van der Waals surface area contributed by atoms with Crippen molar-refractivity contribution in [2.45, 2.75) is 4.90 Å². The molecule has 8 heteroatoms. The van der Waals surface area contributed by atoms with Gasteiger partial charge in [-0.15, -0.1) is 0 Å². The van der Waals surface area contributed by atoms with E-state index in [2.05, 4.69) is 14.5 Å². The van der Waals surface area contributed by atoms with E-state index >= 15 is 0 Å². The van der Waals surface area contributed by atoms with Crippen LogP contribution >= 0.6 is 0 Å². The van der Waals surface area contributed by atoms with E-state index in [4.69, 9.17) is 4.74 Å². The first kappa shape index (κ1) is 19.6. The van der Waals surface area contributed by atoms with Gasteiger partial charge in [0, 0.05) is 45.0 Å². The molecule has 2 aromatic rings. The van der Waals surface area contributed by atoms with Crippen molar-refractivity contribution in [2.75, 3.05) is 51.3 Å². The van der Waals surface area contributed by atoms with Crippen LogP contribution in [0.15, 0.2) is 53.4 Å². The molecule has 1 heterocycles. The SMILES string of the molecule is COc1ccccc1S(=O)(=O)NCCN1CCN(c2ccc(F)cc2)CC1. The lowest BCUT2D eigenvalue weighted by Gasteiger charge is -2.36. The number of nitrogens with zero attached hydrogens (tertiary/aromatic N) is 2. The van der Waals surface area contributed by atoms with Crippen molar-refractivity contribution in [3.05, 3.63) is 54.3 Å². The molecule has 1 saturated heterocycles. The number of hydrogen-bond donors (Lipinski definition) is 1. The van der Waals surface area contributed by atoms with E-state index in [1.54, 1.807) is 30.3 Å². The van der Waals surface area contributed by atoms with Gasteiger partial charge >= 0.3 is 0 Å². The second-order valence-corrected chi connectivity index (χ2v) is 8.09. The number of benzene rings is 2. The monoisotopic (exact) mass is 393 g/mol. The topological polar surface area (TPSA) is 61.9 Å². The molecule has 1 fully saturated rings. The third-order valence-corrected chi connectivity index (χ3v) is 6.14. The summed E-state index contributed by atoms with van der Waals surface area (Å²) in [4.78, 5) is 4.56. The van der Waals surface area contributed by atoms with E-state index in [-0.39, 0.29) is 10.7 Å². The van der Waals surface area contributed by atoms with Gasteiger partial charge in [0.1, 0.15) is 16.5 Å². The highest BCUT2D eigenvalue weighted by molar-refractivity contribution is 7.89. The lowest BCUT2D eigenvalue weighted by atomic mass is 10.2. The van der Waals surface area contributed by atoms with Gasteiger partial charge in [-0.1, -0.05) is 12.1 Å². The molecule has 1 N–H and O–H groups in total. The summed E-state index contributed by atoms with van der Waals surface area (Å²) >= 11 is 0. The van der Waals surface area contributed by atoms with Gasteiger partial charge in [-0.3, -0.25) is 4.90 Å². The quantitative estimate of drug-likeness (QED) is 0.779. The maximum atomic E-state index is 13.0. The number of rotatable bonds is 7. The van der Waals surface area contributed by atoms with Crippen LogP contribution in [0.5, 0.6) is 5.75 Å². The van der Waals surface area contributed by atoms with E-state index in [9.17, 15) is 12.8 Å². The first-order valence-corrected chi connectivity index (χ1v) is 10.3. The van der Waals surface area contributed by atoms with Crippen LogP contribution in [0.25, 0.3) is 0 Å². The standard InChI is InChI=1S/C19H24FN3O3S/c1-26-18-4-2-3-5-19(18)27(24,25)21-10-11-22-12-14-23(15-13-22)17-8-6-16(20)7-9-17/h2-9,21H,10-15H2,1H3. The van der Waals surface area contributed by atoms with Crippen molar-refractivity contribution >= 4 is 15.7 Å². The van der Waals surface area contributed by atoms with Gasteiger partial charge in [-0.05, 0) is 36.4 Å². The lowest BCUT2D eigenvalue weighted by molar-refractivity contribution is 0.262. The average molecular weight is 393 g/mol. The minimum absolute atomic E-state index is 0.147. The predicted octanol–water partition coefficient (Wildman–Crippen LogP) is 1.93. The number of ether oxygens (including phenoxy) is 1. The summed E-state index contributed by atoms with van der Waals surface area (Å²) in [5.74, 6) is 0.0950. The molecule has 0 spiro atoms. The largest absolute Gasteiger partial charge is 0.495 e. The van der Waals surface area contributed by atoms with Gasteiger partial charge in [0.15, 0.2) is 0 Å². The number of sulfonamides is 1. The summed E-state index contributed by atoms with van der Waals surface area (Å²) in [5.41, 5.74) is 1.01. The van der Waals surface area contributed by atoms with Gasteiger partial charge < -0.3 is 9.64 Å². The first-order valence-electron chi connectivity index (χ1n) is 8.85. The molecule has 0 amide bonds. The third-order valence-electron chi connectivity index (χ3n) is 4.64. The normalized spacial score (nSPS) is 15.7. The van der Waals surface area contributed by atoms with E-state index in [1.807, 2.05) is 0 Å². The summed E-state index contributed by atoms with van der Waals surface area (Å²) in [7, 11) is -2.16. The molecule has 0 unspecified atom stereocenters. The van der Waals surface area contributed by atoms with Crippen molar-refractivity contribution in [3.63, 3.8) is 0 Å². The highest BCUT2D eigenvalue weighted by atomic mass is 32.2. The summed E-state index contributed by atoms with van der Waals surface area (Å²) in [6.45, 7) is 4.26. The van der Waals surface area contributed by atoms with Crippen molar-refractivity contribution in [1.29, 1.82) is 0 Å². The van der Waals surface area contributed by atoms with Crippen LogP contribution in [0.1, 0.15) is 0 Å². The molecular formula is C19H24FN3O3S. The molecule has 0 radical (unpaired) electrons. The number of methoxy groups -OCH3 is 1. The Morgan fingerprint density at radius 2 is 1.70 bits per heavy atom. The van der Waals surface area contributed by atoms with E-state index in [1.165, 1.54) is 25.3 Å². The maximum Gasteiger partial charge on any atom is 0.244 e.